The molecule has 1 aliphatic rings. The summed E-state index contributed by atoms with van der Waals surface area (Å²) in [5.74, 6) is 0.664. The molecule has 0 aromatic heterocycles. The second-order valence-corrected chi connectivity index (χ2v) is 7.52. The van der Waals surface area contributed by atoms with Crippen molar-refractivity contribution in [3.8, 4) is 0 Å². The summed E-state index contributed by atoms with van der Waals surface area (Å²) in [6.45, 7) is 5.78. The largest absolute Gasteiger partial charge is 0.319 e. The highest BCUT2D eigenvalue weighted by Crippen LogP contribution is 2.34. The molecule has 2 rings (SSSR count). The van der Waals surface area contributed by atoms with Gasteiger partial charge < -0.3 is 9.88 Å². The molecule has 1 saturated heterocycles. The van der Waals surface area contributed by atoms with Gasteiger partial charge in [-0.05, 0) is 18.9 Å². The highest BCUT2D eigenvalue weighted by atomic mass is 35.5. The fourth-order valence-electron chi connectivity index (χ4n) is 1.63. The summed E-state index contributed by atoms with van der Waals surface area (Å²) in [6.07, 6.45) is 0. The quantitative estimate of drug-likeness (QED) is 0.808. The predicted octanol–water partition coefficient (Wildman–Crippen LogP) is 2.04. The molecule has 1 aromatic carbocycles. The number of nitrogens with one attached hydrogen (secondary N) is 1. The lowest BCUT2D eigenvalue weighted by Crippen LogP contribution is -2.39. The summed E-state index contributed by atoms with van der Waals surface area (Å²) in [4.78, 5) is 0. The minimum absolute atomic E-state index is 0. The maximum atomic E-state index is 11.8. The lowest BCUT2D eigenvalue weighted by Gasteiger charge is -2.27. The standard InChI is InChI=1S/C11H16NOP.ClH/c1-14(2,13)11-5-3-9(4-6-11)10-7-12-8-10;/h3-6,10,12H,7-8H2,1-2H3;1H. The first-order chi connectivity index (χ1) is 6.57. The Kier molecular flexibility index (Phi) is 3.99. The van der Waals surface area contributed by atoms with E-state index >= 15 is 0 Å². The van der Waals surface area contributed by atoms with Gasteiger partial charge in [-0.3, -0.25) is 0 Å². The molecule has 0 amide bonds. The van der Waals surface area contributed by atoms with E-state index in [1.165, 1.54) is 5.56 Å². The Morgan fingerprint density at radius 2 is 1.73 bits per heavy atom. The van der Waals surface area contributed by atoms with E-state index in [9.17, 15) is 4.57 Å². The fourth-order valence-corrected chi connectivity index (χ4v) is 2.50. The van der Waals surface area contributed by atoms with Gasteiger partial charge in [0.25, 0.3) is 0 Å². The van der Waals surface area contributed by atoms with Gasteiger partial charge in [0.05, 0.1) is 0 Å². The van der Waals surface area contributed by atoms with Crippen LogP contribution in [0.1, 0.15) is 11.5 Å². The Morgan fingerprint density at radius 1 is 1.20 bits per heavy atom. The molecule has 0 spiro atoms. The molecular formula is C11H17ClNOP. The Labute approximate surface area is 97.2 Å². The van der Waals surface area contributed by atoms with Crippen LogP contribution in [-0.2, 0) is 4.57 Å². The van der Waals surface area contributed by atoms with Gasteiger partial charge in [-0.15, -0.1) is 12.4 Å². The minimum Gasteiger partial charge on any atom is -0.319 e. The second kappa shape index (κ2) is 4.69. The van der Waals surface area contributed by atoms with Crippen LogP contribution in [0.15, 0.2) is 24.3 Å². The summed E-state index contributed by atoms with van der Waals surface area (Å²) in [5.41, 5.74) is 1.36. The molecule has 1 N–H and O–H groups in total. The predicted molar refractivity (Wildman–Crippen MR) is 68.4 cm³/mol. The topological polar surface area (TPSA) is 29.1 Å². The zero-order valence-electron chi connectivity index (χ0n) is 9.06. The summed E-state index contributed by atoms with van der Waals surface area (Å²) < 4.78 is 11.8. The monoisotopic (exact) mass is 245 g/mol. The van der Waals surface area contributed by atoms with E-state index in [0.717, 1.165) is 18.4 Å². The average Bonchev–Trinajstić information content (AvgIpc) is 2.00. The van der Waals surface area contributed by atoms with Crippen molar-refractivity contribution < 1.29 is 4.57 Å². The molecule has 1 heterocycles. The number of hydrogen-bond acceptors (Lipinski definition) is 2. The van der Waals surface area contributed by atoms with Crippen molar-refractivity contribution in [2.45, 2.75) is 5.92 Å². The van der Waals surface area contributed by atoms with Crippen LogP contribution in [0.4, 0.5) is 0 Å². The molecule has 1 fully saturated rings. The third-order valence-electron chi connectivity index (χ3n) is 2.77. The van der Waals surface area contributed by atoms with Crippen molar-refractivity contribution in [2.75, 3.05) is 26.4 Å². The second-order valence-electron chi connectivity index (χ2n) is 4.30. The molecule has 4 heteroatoms. The maximum absolute atomic E-state index is 11.8. The SMILES string of the molecule is CP(C)(=O)c1ccc(C2CNC2)cc1.Cl. The van der Waals surface area contributed by atoms with Crippen LogP contribution in [0, 0.1) is 0 Å². The molecule has 84 valence electrons. The molecule has 15 heavy (non-hydrogen) atoms. The van der Waals surface area contributed by atoms with Crippen molar-refractivity contribution in [3.05, 3.63) is 29.8 Å². The van der Waals surface area contributed by atoms with E-state index in [1.54, 1.807) is 0 Å². The molecular weight excluding hydrogens is 229 g/mol. The van der Waals surface area contributed by atoms with Crippen LogP contribution < -0.4 is 10.6 Å². The van der Waals surface area contributed by atoms with Crippen LogP contribution in [-0.4, -0.2) is 26.4 Å². The third-order valence-corrected chi connectivity index (χ3v) is 4.31. The zero-order valence-corrected chi connectivity index (χ0v) is 10.8. The van der Waals surface area contributed by atoms with Crippen LogP contribution in [0.3, 0.4) is 0 Å². The van der Waals surface area contributed by atoms with E-state index in [-0.39, 0.29) is 12.4 Å². The number of benzene rings is 1. The van der Waals surface area contributed by atoms with Crippen LogP contribution in [0.25, 0.3) is 0 Å². The third kappa shape index (κ3) is 2.84. The molecule has 1 aromatic rings. The highest BCUT2D eigenvalue weighted by molar-refractivity contribution is 7.70. The number of rotatable bonds is 2. The van der Waals surface area contributed by atoms with Gasteiger partial charge in [0, 0.05) is 24.3 Å². The van der Waals surface area contributed by atoms with Crippen molar-refractivity contribution in [3.63, 3.8) is 0 Å². The van der Waals surface area contributed by atoms with Crippen LogP contribution in [0.5, 0.6) is 0 Å². The highest BCUT2D eigenvalue weighted by Gasteiger charge is 2.19. The van der Waals surface area contributed by atoms with Crippen molar-refractivity contribution >= 4 is 24.9 Å². The van der Waals surface area contributed by atoms with E-state index in [1.807, 2.05) is 25.5 Å². The zero-order chi connectivity index (χ0) is 10.2. The lowest BCUT2D eigenvalue weighted by atomic mass is 9.94. The van der Waals surface area contributed by atoms with E-state index in [0.29, 0.717) is 5.92 Å². The first kappa shape index (κ1) is 12.8. The number of hydrogen-bond donors (Lipinski definition) is 1. The first-order valence-electron chi connectivity index (χ1n) is 4.93. The van der Waals surface area contributed by atoms with Crippen LogP contribution >= 0.6 is 19.5 Å². The Balaban J connectivity index is 0.00000112. The van der Waals surface area contributed by atoms with Gasteiger partial charge in [-0.1, -0.05) is 24.3 Å². The van der Waals surface area contributed by atoms with Gasteiger partial charge in [-0.2, -0.15) is 0 Å². The van der Waals surface area contributed by atoms with Gasteiger partial charge in [0.2, 0.25) is 0 Å². The molecule has 0 bridgehead atoms. The Hall–Kier alpha value is -0.300. The molecule has 2 nitrogen and oxygen atoms in total. The summed E-state index contributed by atoms with van der Waals surface area (Å²) in [5, 5.41) is 4.23. The smallest absolute Gasteiger partial charge is 0.109 e. The van der Waals surface area contributed by atoms with Crippen LogP contribution in [0.2, 0.25) is 0 Å². The molecule has 1 aliphatic heterocycles. The fraction of sp³-hybridized carbons (Fsp3) is 0.455. The van der Waals surface area contributed by atoms with Gasteiger partial charge in [0.1, 0.15) is 7.14 Å². The molecule has 0 unspecified atom stereocenters. The number of halogens is 1. The summed E-state index contributed by atoms with van der Waals surface area (Å²) in [7, 11) is -2.07. The first-order valence-corrected chi connectivity index (χ1v) is 7.54. The van der Waals surface area contributed by atoms with Gasteiger partial charge in [0.15, 0.2) is 0 Å². The Morgan fingerprint density at radius 3 is 2.07 bits per heavy atom. The van der Waals surface area contributed by atoms with Crippen molar-refractivity contribution in [1.82, 2.24) is 5.32 Å². The minimum atomic E-state index is -2.07. The normalized spacial score (nSPS) is 16.7. The van der Waals surface area contributed by atoms with Crippen molar-refractivity contribution in [1.29, 1.82) is 0 Å². The van der Waals surface area contributed by atoms with Crippen molar-refractivity contribution in [2.24, 2.45) is 0 Å². The van der Waals surface area contributed by atoms with E-state index < -0.39 is 7.14 Å². The average molecular weight is 246 g/mol. The molecule has 0 radical (unpaired) electrons. The summed E-state index contributed by atoms with van der Waals surface area (Å²) >= 11 is 0. The molecule has 0 atom stereocenters. The Bertz CT molecular complexity index is 367. The lowest BCUT2D eigenvalue weighted by molar-refractivity contribution is 0.448. The summed E-state index contributed by atoms with van der Waals surface area (Å²) in [6, 6.07) is 8.24. The molecule has 0 aliphatic carbocycles. The van der Waals surface area contributed by atoms with E-state index in [4.69, 9.17) is 0 Å². The maximum Gasteiger partial charge on any atom is 0.109 e. The van der Waals surface area contributed by atoms with E-state index in [2.05, 4.69) is 17.4 Å². The molecule has 0 saturated carbocycles. The van der Waals surface area contributed by atoms with Gasteiger partial charge >= 0.3 is 0 Å². The van der Waals surface area contributed by atoms with Gasteiger partial charge in [-0.25, -0.2) is 0 Å².